The Labute approximate surface area is 164 Å². The van der Waals surface area contributed by atoms with E-state index in [9.17, 15) is 9.18 Å². The highest BCUT2D eigenvalue weighted by molar-refractivity contribution is 6.34. The minimum Gasteiger partial charge on any atom is -0.436 e. The van der Waals surface area contributed by atoms with E-state index in [4.69, 9.17) is 21.3 Å². The summed E-state index contributed by atoms with van der Waals surface area (Å²) in [7, 11) is 0. The quantitative estimate of drug-likeness (QED) is 0.506. The average molecular weight is 392 g/mol. The van der Waals surface area contributed by atoms with Gasteiger partial charge in [0.25, 0.3) is 5.91 Å². The summed E-state index contributed by atoms with van der Waals surface area (Å²) in [6.45, 7) is 0. The molecule has 0 aliphatic carbocycles. The molecule has 0 aliphatic heterocycles. The van der Waals surface area contributed by atoms with E-state index in [-0.39, 0.29) is 21.8 Å². The molecule has 0 fully saturated rings. The molecule has 0 saturated heterocycles. The first-order valence-corrected chi connectivity index (χ1v) is 8.59. The maximum Gasteiger partial charge on any atom is 0.258 e. The zero-order valence-electron chi connectivity index (χ0n) is 14.2. The maximum absolute atomic E-state index is 14.1. The van der Waals surface area contributed by atoms with Gasteiger partial charge in [0.15, 0.2) is 5.58 Å². The zero-order chi connectivity index (χ0) is 19.7. The second kappa shape index (κ2) is 7.14. The summed E-state index contributed by atoms with van der Waals surface area (Å²) in [5.74, 6) is -1.10. The summed E-state index contributed by atoms with van der Waals surface area (Å²) in [5.41, 5.74) is 2.18. The molecule has 1 aromatic heterocycles. The summed E-state index contributed by atoms with van der Waals surface area (Å²) in [6.07, 6.45) is 0. The van der Waals surface area contributed by atoms with Crippen molar-refractivity contribution in [3.8, 4) is 17.5 Å². The molecule has 0 saturated carbocycles. The summed E-state index contributed by atoms with van der Waals surface area (Å²) in [5, 5.41) is 11.7. The van der Waals surface area contributed by atoms with Gasteiger partial charge in [0, 0.05) is 5.56 Å². The van der Waals surface area contributed by atoms with E-state index in [0.29, 0.717) is 22.6 Å². The number of fused-ring (bicyclic) bond motifs is 1. The van der Waals surface area contributed by atoms with Crippen molar-refractivity contribution in [1.29, 1.82) is 5.26 Å². The molecule has 136 valence electrons. The number of benzene rings is 3. The predicted octanol–water partition coefficient (Wildman–Crippen LogP) is 5.41. The molecule has 1 N–H and O–H groups in total. The zero-order valence-corrected chi connectivity index (χ0v) is 15.0. The van der Waals surface area contributed by atoms with Crippen molar-refractivity contribution in [3.63, 3.8) is 0 Å². The first-order valence-electron chi connectivity index (χ1n) is 8.21. The number of aromatic nitrogens is 1. The lowest BCUT2D eigenvalue weighted by molar-refractivity contribution is 0.102. The van der Waals surface area contributed by atoms with Gasteiger partial charge in [-0.3, -0.25) is 4.79 Å². The van der Waals surface area contributed by atoms with Crippen molar-refractivity contribution in [3.05, 3.63) is 82.6 Å². The second-order valence-corrected chi connectivity index (χ2v) is 6.35. The summed E-state index contributed by atoms with van der Waals surface area (Å²) in [6, 6.07) is 17.7. The molecule has 7 heteroatoms. The number of nitrogens with one attached hydrogen (secondary N) is 1. The maximum atomic E-state index is 14.1. The van der Waals surface area contributed by atoms with E-state index in [0.717, 1.165) is 6.07 Å². The van der Waals surface area contributed by atoms with Gasteiger partial charge in [-0.2, -0.15) is 5.26 Å². The first kappa shape index (κ1) is 17.7. The third kappa shape index (κ3) is 3.31. The Kier molecular flexibility index (Phi) is 4.52. The molecule has 4 aromatic rings. The number of oxazole rings is 1. The number of nitriles is 1. The van der Waals surface area contributed by atoms with Crippen LogP contribution < -0.4 is 5.32 Å². The van der Waals surface area contributed by atoms with Crippen LogP contribution in [0.1, 0.15) is 15.9 Å². The lowest BCUT2D eigenvalue weighted by Gasteiger charge is -2.09. The van der Waals surface area contributed by atoms with Gasteiger partial charge in [-0.15, -0.1) is 0 Å². The van der Waals surface area contributed by atoms with Crippen LogP contribution in [0.15, 0.2) is 65.1 Å². The van der Waals surface area contributed by atoms with E-state index >= 15 is 0 Å². The molecule has 4 rings (SSSR count). The molecule has 0 radical (unpaired) electrons. The summed E-state index contributed by atoms with van der Waals surface area (Å²) in [4.78, 5) is 16.9. The monoisotopic (exact) mass is 391 g/mol. The van der Waals surface area contributed by atoms with E-state index in [1.807, 2.05) is 24.3 Å². The highest BCUT2D eigenvalue weighted by Gasteiger charge is 2.16. The number of hydrogen-bond donors (Lipinski definition) is 1. The van der Waals surface area contributed by atoms with Crippen LogP contribution in [-0.4, -0.2) is 10.9 Å². The highest BCUT2D eigenvalue weighted by Crippen LogP contribution is 2.30. The number of rotatable bonds is 3. The minimum absolute atomic E-state index is 0.130. The minimum atomic E-state index is -0.789. The third-order valence-corrected chi connectivity index (χ3v) is 4.43. The molecule has 0 bridgehead atoms. The van der Waals surface area contributed by atoms with Crippen LogP contribution in [-0.2, 0) is 0 Å². The number of carbonyl (C=O) groups excluding carboxylic acids is 1. The SMILES string of the molecule is N#Cc1ccc(C(=O)Nc2cc(-c3nc4ccccc4o3)ccc2Cl)c(F)c1. The van der Waals surface area contributed by atoms with Crippen molar-refractivity contribution < 1.29 is 13.6 Å². The molecule has 1 heterocycles. The number of nitrogens with zero attached hydrogens (tertiary/aromatic N) is 2. The third-order valence-electron chi connectivity index (χ3n) is 4.10. The van der Waals surface area contributed by atoms with E-state index in [2.05, 4.69) is 10.3 Å². The van der Waals surface area contributed by atoms with Gasteiger partial charge >= 0.3 is 0 Å². The largest absolute Gasteiger partial charge is 0.436 e. The smallest absolute Gasteiger partial charge is 0.258 e. The molecule has 0 aliphatic rings. The van der Waals surface area contributed by atoms with Gasteiger partial charge in [-0.1, -0.05) is 23.7 Å². The first-order chi connectivity index (χ1) is 13.5. The standard InChI is InChI=1S/C21H11ClFN3O2/c22-15-8-6-13(21-26-17-3-1-2-4-19(17)28-21)10-18(15)25-20(27)14-7-5-12(11-24)9-16(14)23/h1-10H,(H,25,27). The van der Waals surface area contributed by atoms with Crippen LogP contribution in [0.5, 0.6) is 0 Å². The molecule has 0 atom stereocenters. The number of para-hydroxylation sites is 2. The molecule has 0 unspecified atom stereocenters. The average Bonchev–Trinajstić information content (AvgIpc) is 3.13. The molecular formula is C21H11ClFN3O2. The van der Waals surface area contributed by atoms with Crippen LogP contribution >= 0.6 is 11.6 Å². The van der Waals surface area contributed by atoms with Crippen molar-refractivity contribution in [2.45, 2.75) is 0 Å². The Morgan fingerprint density at radius 3 is 2.71 bits per heavy atom. The van der Waals surface area contributed by atoms with Gasteiger partial charge in [0.05, 0.1) is 27.9 Å². The summed E-state index contributed by atoms with van der Waals surface area (Å²) < 4.78 is 19.8. The highest BCUT2D eigenvalue weighted by atomic mass is 35.5. The van der Waals surface area contributed by atoms with E-state index in [1.165, 1.54) is 12.1 Å². The molecule has 3 aromatic carbocycles. The Morgan fingerprint density at radius 1 is 1.14 bits per heavy atom. The summed E-state index contributed by atoms with van der Waals surface area (Å²) >= 11 is 6.18. The van der Waals surface area contributed by atoms with Crippen LogP contribution in [0.25, 0.3) is 22.6 Å². The van der Waals surface area contributed by atoms with Gasteiger partial charge in [-0.05, 0) is 48.5 Å². The van der Waals surface area contributed by atoms with Gasteiger partial charge in [-0.25, -0.2) is 9.37 Å². The van der Waals surface area contributed by atoms with E-state index < -0.39 is 11.7 Å². The molecule has 5 nitrogen and oxygen atoms in total. The molecule has 0 spiro atoms. The fraction of sp³-hybridized carbons (Fsp3) is 0. The van der Waals surface area contributed by atoms with Crippen LogP contribution in [0.3, 0.4) is 0 Å². The molecular weight excluding hydrogens is 381 g/mol. The van der Waals surface area contributed by atoms with Crippen LogP contribution in [0.2, 0.25) is 5.02 Å². The second-order valence-electron chi connectivity index (χ2n) is 5.94. The lowest BCUT2D eigenvalue weighted by atomic mass is 10.1. The topological polar surface area (TPSA) is 78.9 Å². The Hall–Kier alpha value is -3.69. The normalized spacial score (nSPS) is 10.6. The van der Waals surface area contributed by atoms with Crippen LogP contribution in [0, 0.1) is 17.1 Å². The Balaban J connectivity index is 1.66. The fourth-order valence-corrected chi connectivity index (χ4v) is 2.87. The van der Waals surface area contributed by atoms with Crippen molar-refractivity contribution in [1.82, 2.24) is 4.98 Å². The van der Waals surface area contributed by atoms with Crippen molar-refractivity contribution >= 4 is 34.3 Å². The lowest BCUT2D eigenvalue weighted by Crippen LogP contribution is -2.14. The Bertz CT molecular complexity index is 1230. The predicted molar refractivity (Wildman–Crippen MR) is 104 cm³/mol. The van der Waals surface area contributed by atoms with Crippen molar-refractivity contribution in [2.75, 3.05) is 5.32 Å². The van der Waals surface area contributed by atoms with Gasteiger partial charge in [0.1, 0.15) is 11.3 Å². The van der Waals surface area contributed by atoms with Gasteiger partial charge in [0.2, 0.25) is 5.89 Å². The van der Waals surface area contributed by atoms with Crippen LogP contribution in [0.4, 0.5) is 10.1 Å². The van der Waals surface area contributed by atoms with E-state index in [1.54, 1.807) is 24.3 Å². The number of carbonyl (C=O) groups is 1. The molecule has 28 heavy (non-hydrogen) atoms. The number of amides is 1. The number of hydrogen-bond acceptors (Lipinski definition) is 4. The van der Waals surface area contributed by atoms with Gasteiger partial charge < -0.3 is 9.73 Å². The fourth-order valence-electron chi connectivity index (χ4n) is 2.71. The number of anilines is 1. The number of halogens is 2. The Morgan fingerprint density at radius 2 is 1.96 bits per heavy atom. The molecule has 1 amide bonds. The van der Waals surface area contributed by atoms with Crippen molar-refractivity contribution in [2.24, 2.45) is 0 Å².